The van der Waals surface area contributed by atoms with Crippen LogP contribution < -0.4 is 4.90 Å². The molecule has 0 aromatic rings. The molecule has 0 amide bonds. The second-order valence-corrected chi connectivity index (χ2v) is 5.62. The van der Waals surface area contributed by atoms with Gasteiger partial charge in [-0.1, -0.05) is 0 Å². The lowest BCUT2D eigenvalue weighted by molar-refractivity contribution is -0.907. The summed E-state index contributed by atoms with van der Waals surface area (Å²) in [5, 5.41) is 27.6. The van der Waals surface area contributed by atoms with Crippen molar-refractivity contribution < 1.29 is 20.2 Å². The lowest BCUT2D eigenvalue weighted by Crippen LogP contribution is -3.13. The van der Waals surface area contributed by atoms with Crippen molar-refractivity contribution in [3.63, 3.8) is 0 Å². The van der Waals surface area contributed by atoms with Crippen LogP contribution in [-0.4, -0.2) is 65.3 Å². The standard InChI is InChI=1S/C11H23NO3S/c13-7-11(15)9-16-8-10(14)6-12-4-2-1-3-5-12/h10-11,13-15H,1-9H2/p+1. The normalized spacial score (nSPS) is 21.9. The average molecular weight is 250 g/mol. The summed E-state index contributed by atoms with van der Waals surface area (Å²) in [6, 6.07) is 0. The summed E-state index contributed by atoms with van der Waals surface area (Å²) in [5.41, 5.74) is 0. The van der Waals surface area contributed by atoms with Gasteiger partial charge in [-0.2, -0.15) is 11.8 Å². The van der Waals surface area contributed by atoms with Crippen LogP contribution >= 0.6 is 11.8 Å². The molecule has 4 nitrogen and oxygen atoms in total. The number of nitrogens with one attached hydrogen (secondary N) is 1. The van der Waals surface area contributed by atoms with Gasteiger partial charge in [-0.05, 0) is 19.3 Å². The van der Waals surface area contributed by atoms with Crippen molar-refractivity contribution in [2.75, 3.05) is 37.7 Å². The van der Waals surface area contributed by atoms with Crippen LogP contribution in [0.15, 0.2) is 0 Å². The van der Waals surface area contributed by atoms with Crippen LogP contribution in [0.2, 0.25) is 0 Å². The van der Waals surface area contributed by atoms with Gasteiger partial charge in [0.1, 0.15) is 12.6 Å². The minimum Gasteiger partial charge on any atom is -0.394 e. The van der Waals surface area contributed by atoms with Crippen LogP contribution in [0.5, 0.6) is 0 Å². The van der Waals surface area contributed by atoms with E-state index in [1.807, 2.05) is 0 Å². The van der Waals surface area contributed by atoms with Crippen LogP contribution in [-0.2, 0) is 0 Å². The first kappa shape index (κ1) is 14.3. The third kappa shape index (κ3) is 6.06. The summed E-state index contributed by atoms with van der Waals surface area (Å²) in [6.45, 7) is 2.99. The number of hydrogen-bond donors (Lipinski definition) is 4. The number of aliphatic hydroxyl groups is 3. The number of hydrogen-bond acceptors (Lipinski definition) is 4. The SMILES string of the molecule is OCC(O)CSCC(O)C[NH+]1CCCCC1. The van der Waals surface area contributed by atoms with Crippen LogP contribution in [0.25, 0.3) is 0 Å². The Morgan fingerprint density at radius 2 is 1.62 bits per heavy atom. The number of rotatable bonds is 7. The van der Waals surface area contributed by atoms with E-state index in [0.29, 0.717) is 11.5 Å². The molecule has 2 unspecified atom stereocenters. The summed E-state index contributed by atoms with van der Waals surface area (Å²) in [6.07, 6.45) is 2.94. The van der Waals surface area contributed by atoms with Crippen molar-refractivity contribution in [1.29, 1.82) is 0 Å². The predicted octanol–water partition coefficient (Wildman–Crippen LogP) is -1.50. The molecule has 0 aliphatic carbocycles. The highest BCUT2D eigenvalue weighted by Gasteiger charge is 2.17. The molecule has 0 spiro atoms. The van der Waals surface area contributed by atoms with Gasteiger partial charge in [-0.25, -0.2) is 0 Å². The van der Waals surface area contributed by atoms with E-state index in [4.69, 9.17) is 10.2 Å². The molecule has 4 N–H and O–H groups in total. The van der Waals surface area contributed by atoms with E-state index in [1.54, 1.807) is 0 Å². The number of aliphatic hydroxyl groups excluding tert-OH is 3. The Morgan fingerprint density at radius 1 is 1.00 bits per heavy atom. The molecule has 0 aromatic carbocycles. The topological polar surface area (TPSA) is 65.1 Å². The third-order valence-corrected chi connectivity index (χ3v) is 4.16. The van der Waals surface area contributed by atoms with Gasteiger partial charge in [-0.15, -0.1) is 0 Å². The first-order valence-corrected chi connectivity index (χ1v) is 7.26. The highest BCUT2D eigenvalue weighted by molar-refractivity contribution is 7.99. The molecular weight excluding hydrogens is 226 g/mol. The van der Waals surface area contributed by atoms with Crippen molar-refractivity contribution in [2.45, 2.75) is 31.5 Å². The smallest absolute Gasteiger partial charge is 0.112 e. The summed E-state index contributed by atoms with van der Waals surface area (Å²) in [7, 11) is 0. The molecule has 1 rings (SSSR count). The Balaban J connectivity index is 2.03. The van der Waals surface area contributed by atoms with Gasteiger partial charge in [-0.3, -0.25) is 0 Å². The number of piperidine rings is 1. The van der Waals surface area contributed by atoms with Crippen molar-refractivity contribution in [3.8, 4) is 0 Å². The first-order chi connectivity index (χ1) is 7.72. The van der Waals surface area contributed by atoms with E-state index in [2.05, 4.69) is 0 Å². The lowest BCUT2D eigenvalue weighted by Gasteiger charge is -2.25. The van der Waals surface area contributed by atoms with Gasteiger partial charge in [0.2, 0.25) is 0 Å². The maximum atomic E-state index is 9.80. The average Bonchev–Trinajstić information content (AvgIpc) is 2.30. The van der Waals surface area contributed by atoms with Crippen molar-refractivity contribution in [3.05, 3.63) is 0 Å². The summed E-state index contributed by atoms with van der Waals surface area (Å²) >= 11 is 1.51. The molecule has 96 valence electrons. The fourth-order valence-corrected chi connectivity index (χ4v) is 2.94. The van der Waals surface area contributed by atoms with Gasteiger partial charge in [0.05, 0.1) is 25.8 Å². The molecule has 0 aromatic heterocycles. The molecule has 1 heterocycles. The maximum Gasteiger partial charge on any atom is 0.112 e. The minimum absolute atomic E-state index is 0.194. The molecular formula is C11H24NO3S+. The van der Waals surface area contributed by atoms with E-state index in [-0.39, 0.29) is 12.7 Å². The predicted molar refractivity (Wildman–Crippen MR) is 65.8 cm³/mol. The fraction of sp³-hybridized carbons (Fsp3) is 1.00. The summed E-state index contributed by atoms with van der Waals surface area (Å²) in [5.74, 6) is 1.16. The molecule has 1 saturated heterocycles. The van der Waals surface area contributed by atoms with Gasteiger partial charge >= 0.3 is 0 Å². The second-order valence-electron chi connectivity index (χ2n) is 4.54. The van der Waals surface area contributed by atoms with E-state index in [1.165, 1.54) is 49.0 Å². The molecule has 1 aliphatic rings. The Kier molecular flexibility index (Phi) is 7.40. The Bertz CT molecular complexity index is 177. The molecule has 5 heteroatoms. The Labute approximate surface area is 102 Å². The molecule has 2 atom stereocenters. The molecule has 0 bridgehead atoms. The van der Waals surface area contributed by atoms with Crippen molar-refractivity contribution >= 4 is 11.8 Å². The molecule has 1 aliphatic heterocycles. The Hall–Kier alpha value is 0.190. The lowest BCUT2D eigenvalue weighted by atomic mass is 10.1. The molecule has 1 fully saturated rings. The van der Waals surface area contributed by atoms with E-state index in [9.17, 15) is 5.11 Å². The largest absolute Gasteiger partial charge is 0.394 e. The number of thioether (sulfide) groups is 1. The monoisotopic (exact) mass is 250 g/mol. The zero-order chi connectivity index (χ0) is 11.8. The first-order valence-electron chi connectivity index (χ1n) is 6.10. The van der Waals surface area contributed by atoms with E-state index < -0.39 is 6.10 Å². The van der Waals surface area contributed by atoms with E-state index in [0.717, 1.165) is 6.54 Å². The second kappa shape index (κ2) is 8.31. The summed E-state index contributed by atoms with van der Waals surface area (Å²) < 4.78 is 0. The van der Waals surface area contributed by atoms with Gasteiger partial charge in [0.25, 0.3) is 0 Å². The number of quaternary nitrogens is 1. The number of likely N-dealkylation sites (tertiary alicyclic amines) is 1. The van der Waals surface area contributed by atoms with Crippen LogP contribution in [0.4, 0.5) is 0 Å². The van der Waals surface area contributed by atoms with Crippen LogP contribution in [0.1, 0.15) is 19.3 Å². The highest BCUT2D eigenvalue weighted by Crippen LogP contribution is 2.04. The van der Waals surface area contributed by atoms with E-state index >= 15 is 0 Å². The Morgan fingerprint density at radius 3 is 2.25 bits per heavy atom. The zero-order valence-electron chi connectivity index (χ0n) is 9.77. The van der Waals surface area contributed by atoms with Gasteiger partial charge in [0, 0.05) is 11.5 Å². The van der Waals surface area contributed by atoms with Crippen molar-refractivity contribution in [1.82, 2.24) is 0 Å². The molecule has 0 radical (unpaired) electrons. The van der Waals surface area contributed by atoms with Crippen LogP contribution in [0.3, 0.4) is 0 Å². The van der Waals surface area contributed by atoms with Gasteiger partial charge < -0.3 is 20.2 Å². The molecule has 16 heavy (non-hydrogen) atoms. The quantitative estimate of drug-likeness (QED) is 0.444. The summed E-state index contributed by atoms with van der Waals surface area (Å²) in [4.78, 5) is 1.50. The molecule has 0 saturated carbocycles. The minimum atomic E-state index is -0.653. The third-order valence-electron chi connectivity index (χ3n) is 2.92. The fourth-order valence-electron chi connectivity index (χ4n) is 2.04. The maximum absolute atomic E-state index is 9.80. The zero-order valence-corrected chi connectivity index (χ0v) is 10.6. The van der Waals surface area contributed by atoms with Gasteiger partial charge in [0.15, 0.2) is 0 Å². The van der Waals surface area contributed by atoms with Crippen LogP contribution in [0, 0.1) is 0 Å². The van der Waals surface area contributed by atoms with Crippen molar-refractivity contribution in [2.24, 2.45) is 0 Å². The highest BCUT2D eigenvalue weighted by atomic mass is 32.2.